The Morgan fingerprint density at radius 3 is 2.87 bits per heavy atom. The van der Waals surface area contributed by atoms with Gasteiger partial charge in [-0.2, -0.15) is 5.10 Å². The van der Waals surface area contributed by atoms with Gasteiger partial charge in [-0.25, -0.2) is 4.79 Å². The number of hydrogen-bond donors (Lipinski definition) is 1. The Morgan fingerprint density at radius 1 is 1.32 bits per heavy atom. The number of fused-ring (bicyclic) bond motifs is 1. The fraction of sp³-hybridized carbons (Fsp3) is 0.609. The molecular weight excluding hydrogens is 398 g/mol. The fourth-order valence-electron chi connectivity index (χ4n) is 3.93. The monoisotopic (exact) mass is 431 g/mol. The number of hydrogen-bond acceptors (Lipinski definition) is 6. The molecule has 0 saturated heterocycles. The second-order valence-corrected chi connectivity index (χ2v) is 7.81. The first-order valence-electron chi connectivity index (χ1n) is 11.1. The molecule has 8 heteroatoms. The molecule has 8 nitrogen and oxygen atoms in total. The van der Waals surface area contributed by atoms with Gasteiger partial charge in [0.05, 0.1) is 30.7 Å². The van der Waals surface area contributed by atoms with E-state index in [9.17, 15) is 9.59 Å². The summed E-state index contributed by atoms with van der Waals surface area (Å²) in [5.41, 5.74) is 3.99. The van der Waals surface area contributed by atoms with E-state index in [1.807, 2.05) is 24.6 Å². The fourth-order valence-corrected chi connectivity index (χ4v) is 3.93. The Hall–Kier alpha value is -2.61. The quantitative estimate of drug-likeness (QED) is 0.527. The van der Waals surface area contributed by atoms with Crippen LogP contribution in [0.2, 0.25) is 0 Å². The topological polar surface area (TPSA) is 91.7 Å². The molecule has 0 saturated carbocycles. The van der Waals surface area contributed by atoms with Crippen LogP contribution < -0.4 is 5.32 Å². The number of nitrogens with zero attached hydrogens (tertiary/aromatic N) is 2. The predicted molar refractivity (Wildman–Crippen MR) is 116 cm³/mol. The first kappa shape index (κ1) is 23.1. The van der Waals surface area contributed by atoms with Gasteiger partial charge in [-0.1, -0.05) is 6.92 Å². The van der Waals surface area contributed by atoms with Crippen LogP contribution in [0.25, 0.3) is 0 Å². The SMILES string of the molecule is CCc1nn(CCCOC(=O)C2=C(C)C=C(OC)C2)c2c1C(=O)NCCCOCCC2. The molecule has 0 aromatic carbocycles. The molecule has 0 atom stereocenters. The zero-order valence-electron chi connectivity index (χ0n) is 18.8. The van der Waals surface area contributed by atoms with Gasteiger partial charge in [0.15, 0.2) is 0 Å². The van der Waals surface area contributed by atoms with Crippen molar-refractivity contribution in [2.45, 2.75) is 58.9 Å². The molecule has 31 heavy (non-hydrogen) atoms. The lowest BCUT2D eigenvalue weighted by atomic mass is 10.1. The Morgan fingerprint density at radius 2 is 2.13 bits per heavy atom. The van der Waals surface area contributed by atoms with Crippen LogP contribution in [-0.4, -0.2) is 55.1 Å². The van der Waals surface area contributed by atoms with Gasteiger partial charge in [-0.15, -0.1) is 0 Å². The molecule has 170 valence electrons. The molecular formula is C23H33N3O5. The van der Waals surface area contributed by atoms with Crippen molar-refractivity contribution < 1.29 is 23.8 Å². The summed E-state index contributed by atoms with van der Waals surface area (Å²) in [4.78, 5) is 25.2. The Bertz CT molecular complexity index is 869. The van der Waals surface area contributed by atoms with Gasteiger partial charge < -0.3 is 19.5 Å². The van der Waals surface area contributed by atoms with Crippen molar-refractivity contribution in [3.8, 4) is 0 Å². The Labute approximate surface area is 183 Å². The zero-order valence-corrected chi connectivity index (χ0v) is 18.8. The van der Waals surface area contributed by atoms with Gasteiger partial charge >= 0.3 is 5.97 Å². The van der Waals surface area contributed by atoms with Crippen molar-refractivity contribution in [1.29, 1.82) is 0 Å². The summed E-state index contributed by atoms with van der Waals surface area (Å²) >= 11 is 0. The molecule has 1 aromatic heterocycles. The Balaban J connectivity index is 1.62. The minimum atomic E-state index is -0.300. The van der Waals surface area contributed by atoms with E-state index in [0.717, 1.165) is 42.0 Å². The Kier molecular flexibility index (Phi) is 8.28. The highest BCUT2D eigenvalue weighted by Gasteiger charge is 2.24. The lowest BCUT2D eigenvalue weighted by Crippen LogP contribution is -2.26. The van der Waals surface area contributed by atoms with Gasteiger partial charge in [-0.3, -0.25) is 9.48 Å². The summed E-state index contributed by atoms with van der Waals surface area (Å²) in [6.45, 7) is 6.70. The maximum atomic E-state index is 12.8. The van der Waals surface area contributed by atoms with E-state index in [-0.39, 0.29) is 11.9 Å². The largest absolute Gasteiger partial charge is 0.501 e. The van der Waals surface area contributed by atoms with E-state index in [4.69, 9.17) is 19.3 Å². The predicted octanol–water partition coefficient (Wildman–Crippen LogP) is 2.71. The van der Waals surface area contributed by atoms with Crippen molar-refractivity contribution in [1.82, 2.24) is 15.1 Å². The second-order valence-electron chi connectivity index (χ2n) is 7.81. The number of ether oxygens (including phenoxy) is 3. The average molecular weight is 432 g/mol. The normalized spacial score (nSPS) is 17.5. The van der Waals surface area contributed by atoms with Crippen molar-refractivity contribution in [2.75, 3.05) is 33.5 Å². The molecule has 2 aliphatic rings. The van der Waals surface area contributed by atoms with Crippen molar-refractivity contribution in [3.63, 3.8) is 0 Å². The first-order chi connectivity index (χ1) is 15.0. The molecule has 3 rings (SSSR count). The summed E-state index contributed by atoms with van der Waals surface area (Å²) in [5.74, 6) is 0.416. The van der Waals surface area contributed by atoms with Crippen LogP contribution in [-0.2, 0) is 38.4 Å². The molecule has 1 aromatic rings. The minimum absolute atomic E-state index is 0.0588. The lowest BCUT2D eigenvalue weighted by molar-refractivity contribution is -0.139. The third kappa shape index (κ3) is 5.76. The van der Waals surface area contributed by atoms with E-state index in [1.165, 1.54) is 0 Å². The molecule has 0 radical (unpaired) electrons. The van der Waals surface area contributed by atoms with E-state index in [0.29, 0.717) is 63.3 Å². The third-order valence-electron chi connectivity index (χ3n) is 5.61. The van der Waals surface area contributed by atoms with Crippen LogP contribution in [0.15, 0.2) is 23.0 Å². The van der Waals surface area contributed by atoms with Crippen LogP contribution >= 0.6 is 0 Å². The highest BCUT2D eigenvalue weighted by molar-refractivity contribution is 5.96. The molecule has 0 unspecified atom stereocenters. The number of carbonyl (C=O) groups excluding carboxylic acids is 2. The second kappa shape index (κ2) is 11.1. The molecule has 0 spiro atoms. The maximum absolute atomic E-state index is 12.8. The van der Waals surface area contributed by atoms with Crippen LogP contribution in [0.5, 0.6) is 0 Å². The summed E-state index contributed by atoms with van der Waals surface area (Å²) in [7, 11) is 1.60. The van der Waals surface area contributed by atoms with E-state index >= 15 is 0 Å². The first-order valence-corrected chi connectivity index (χ1v) is 11.1. The van der Waals surface area contributed by atoms with Gasteiger partial charge in [0.1, 0.15) is 5.76 Å². The van der Waals surface area contributed by atoms with E-state index < -0.39 is 0 Å². The van der Waals surface area contributed by atoms with Crippen molar-refractivity contribution in [2.24, 2.45) is 0 Å². The third-order valence-corrected chi connectivity index (χ3v) is 5.61. The zero-order chi connectivity index (χ0) is 22.2. The van der Waals surface area contributed by atoms with Crippen LogP contribution in [0.3, 0.4) is 0 Å². The molecule has 0 fully saturated rings. The highest BCUT2D eigenvalue weighted by Crippen LogP contribution is 2.26. The molecule has 2 heterocycles. The highest BCUT2D eigenvalue weighted by atomic mass is 16.5. The number of nitrogens with one attached hydrogen (secondary N) is 1. The molecule has 0 bridgehead atoms. The molecule has 1 amide bonds. The van der Waals surface area contributed by atoms with Gasteiger partial charge in [0.2, 0.25) is 0 Å². The number of aryl methyl sites for hydroxylation is 2. The summed E-state index contributed by atoms with van der Waals surface area (Å²) in [6.07, 6.45) is 6.03. The van der Waals surface area contributed by atoms with Crippen LogP contribution in [0.1, 0.15) is 61.3 Å². The summed E-state index contributed by atoms with van der Waals surface area (Å²) < 4.78 is 18.2. The molecule has 1 N–H and O–H groups in total. The number of allylic oxidation sites excluding steroid dienone is 3. The van der Waals surface area contributed by atoms with Crippen LogP contribution in [0.4, 0.5) is 0 Å². The standard InChI is InChI=1S/C23H33N3O5/c1-4-19-21-20(8-5-11-30-12-6-9-24-22(21)27)26(25-19)10-7-13-31-23(28)18-15-17(29-3)14-16(18)2/h14H,4-13,15H2,1-3H3,(H,24,27). The van der Waals surface area contributed by atoms with Gasteiger partial charge in [0.25, 0.3) is 5.91 Å². The molecule has 1 aliphatic heterocycles. The van der Waals surface area contributed by atoms with E-state index in [2.05, 4.69) is 5.32 Å². The number of methoxy groups -OCH3 is 1. The average Bonchev–Trinajstić information content (AvgIpc) is 3.31. The van der Waals surface area contributed by atoms with Crippen molar-refractivity contribution in [3.05, 3.63) is 39.9 Å². The number of esters is 1. The maximum Gasteiger partial charge on any atom is 0.334 e. The lowest BCUT2D eigenvalue weighted by Gasteiger charge is -2.10. The number of amides is 1. The van der Waals surface area contributed by atoms with Crippen LogP contribution in [0, 0.1) is 0 Å². The number of carbonyl (C=O) groups is 2. The minimum Gasteiger partial charge on any atom is -0.501 e. The summed E-state index contributed by atoms with van der Waals surface area (Å²) in [5, 5.41) is 7.68. The summed E-state index contributed by atoms with van der Waals surface area (Å²) in [6, 6.07) is 0. The van der Waals surface area contributed by atoms with E-state index in [1.54, 1.807) is 7.11 Å². The smallest absolute Gasteiger partial charge is 0.334 e. The van der Waals surface area contributed by atoms with Crippen molar-refractivity contribution >= 4 is 11.9 Å². The van der Waals surface area contributed by atoms with Gasteiger partial charge in [0, 0.05) is 44.7 Å². The molecule has 1 aliphatic carbocycles. The number of aromatic nitrogens is 2. The number of rotatable bonds is 7. The van der Waals surface area contributed by atoms with Gasteiger partial charge in [-0.05, 0) is 44.3 Å².